The lowest BCUT2D eigenvalue weighted by Crippen LogP contribution is -2.32. The van der Waals surface area contributed by atoms with Crippen LogP contribution >= 0.6 is 0 Å². The topological polar surface area (TPSA) is 40.2 Å². The van der Waals surface area contributed by atoms with E-state index in [1.165, 1.54) is 6.42 Å². The molecule has 96 valence electrons. The highest BCUT2D eigenvalue weighted by Crippen LogP contribution is 2.11. The van der Waals surface area contributed by atoms with Crippen molar-refractivity contribution < 1.29 is 0 Å². The van der Waals surface area contributed by atoms with Crippen molar-refractivity contribution in [3.63, 3.8) is 0 Å². The maximum atomic E-state index is 4.17. The Kier molecular flexibility index (Phi) is 5.77. The van der Waals surface area contributed by atoms with Crippen LogP contribution in [-0.2, 0) is 0 Å². The maximum Gasteiger partial charge on any atom is 0.0547 e. The van der Waals surface area contributed by atoms with E-state index in [-0.39, 0.29) is 0 Å². The summed E-state index contributed by atoms with van der Waals surface area (Å²) in [5, 5.41) is 6.47. The molecule has 0 bridgehead atoms. The fraction of sp³-hybridized carbons (Fsp3) is 0.615. The maximum absolute atomic E-state index is 4.17. The molecular formula is C13H24N4. The lowest BCUT2D eigenvalue weighted by molar-refractivity contribution is 0.261. The highest BCUT2D eigenvalue weighted by molar-refractivity contribution is 5.53. The Hall–Kier alpha value is -1.29. The third-order valence-corrected chi connectivity index (χ3v) is 3.16. The normalized spacial score (nSPS) is 12.5. The number of hydrogen-bond donors (Lipinski definition) is 2. The van der Waals surface area contributed by atoms with Gasteiger partial charge in [-0.1, -0.05) is 6.92 Å². The van der Waals surface area contributed by atoms with Crippen LogP contribution in [0, 0.1) is 0 Å². The van der Waals surface area contributed by atoms with Crippen molar-refractivity contribution in [3.8, 4) is 0 Å². The Bertz CT molecular complexity index is 327. The van der Waals surface area contributed by atoms with Crippen molar-refractivity contribution in [2.45, 2.75) is 26.3 Å². The van der Waals surface area contributed by atoms with Gasteiger partial charge in [0.2, 0.25) is 0 Å². The monoisotopic (exact) mass is 236 g/mol. The number of rotatable bonds is 7. The molecular weight excluding hydrogens is 212 g/mol. The van der Waals surface area contributed by atoms with Crippen LogP contribution in [-0.4, -0.2) is 43.1 Å². The first-order chi connectivity index (χ1) is 8.17. The van der Waals surface area contributed by atoms with Crippen molar-refractivity contribution in [1.29, 1.82) is 0 Å². The fourth-order valence-electron chi connectivity index (χ4n) is 1.58. The Morgan fingerprint density at radius 3 is 2.71 bits per heavy atom. The van der Waals surface area contributed by atoms with Crippen LogP contribution in [0.25, 0.3) is 0 Å². The second kappa shape index (κ2) is 7.12. The van der Waals surface area contributed by atoms with Crippen LogP contribution in [0.3, 0.4) is 0 Å². The van der Waals surface area contributed by atoms with Gasteiger partial charge in [0.05, 0.1) is 23.8 Å². The van der Waals surface area contributed by atoms with Gasteiger partial charge in [0.1, 0.15) is 0 Å². The number of likely N-dealkylation sites (N-methyl/N-ethyl adjacent to an activating group) is 1. The number of aromatic nitrogens is 1. The summed E-state index contributed by atoms with van der Waals surface area (Å²) in [7, 11) is 4.07. The molecule has 1 atom stereocenters. The molecule has 4 heteroatoms. The predicted molar refractivity (Wildman–Crippen MR) is 74.7 cm³/mol. The largest absolute Gasteiger partial charge is 0.387 e. The van der Waals surface area contributed by atoms with E-state index in [9.17, 15) is 0 Å². The van der Waals surface area contributed by atoms with E-state index in [1.807, 2.05) is 19.4 Å². The van der Waals surface area contributed by atoms with Crippen LogP contribution in [0.15, 0.2) is 18.5 Å². The third-order valence-electron chi connectivity index (χ3n) is 3.16. The molecule has 0 aromatic carbocycles. The van der Waals surface area contributed by atoms with Gasteiger partial charge < -0.3 is 15.5 Å². The second-order valence-electron chi connectivity index (χ2n) is 4.38. The average Bonchev–Trinajstić information content (AvgIpc) is 2.37. The molecule has 0 aliphatic rings. The van der Waals surface area contributed by atoms with E-state index in [2.05, 4.69) is 47.5 Å². The Labute approximate surface area is 104 Å². The zero-order chi connectivity index (χ0) is 12.7. The summed E-state index contributed by atoms with van der Waals surface area (Å²) in [6, 6.07) is 2.70. The summed E-state index contributed by atoms with van der Waals surface area (Å²) in [6.45, 7) is 6.45. The molecule has 0 spiro atoms. The standard InChI is InChI=1S/C13H24N4/c1-5-11(2)17(4)7-6-16-13-8-12(14-3)9-15-10-13/h8-11,14,16H,5-7H2,1-4H3. The number of nitrogens with one attached hydrogen (secondary N) is 2. The highest BCUT2D eigenvalue weighted by Gasteiger charge is 2.05. The van der Waals surface area contributed by atoms with Gasteiger partial charge in [0.25, 0.3) is 0 Å². The average molecular weight is 236 g/mol. The summed E-state index contributed by atoms with van der Waals surface area (Å²) in [4.78, 5) is 6.53. The molecule has 1 aromatic rings. The molecule has 0 amide bonds. The van der Waals surface area contributed by atoms with Crippen molar-refractivity contribution in [2.24, 2.45) is 0 Å². The van der Waals surface area contributed by atoms with Crippen molar-refractivity contribution in [2.75, 3.05) is 37.8 Å². The van der Waals surface area contributed by atoms with Gasteiger partial charge in [0, 0.05) is 26.2 Å². The summed E-state index contributed by atoms with van der Waals surface area (Å²) >= 11 is 0. The highest BCUT2D eigenvalue weighted by atomic mass is 15.1. The molecule has 1 unspecified atom stereocenters. The molecule has 17 heavy (non-hydrogen) atoms. The van der Waals surface area contributed by atoms with Crippen LogP contribution < -0.4 is 10.6 Å². The molecule has 1 heterocycles. The minimum Gasteiger partial charge on any atom is -0.387 e. The van der Waals surface area contributed by atoms with Crippen LogP contribution in [0.2, 0.25) is 0 Å². The molecule has 0 radical (unpaired) electrons. The van der Waals surface area contributed by atoms with Gasteiger partial charge in [0.15, 0.2) is 0 Å². The first-order valence-corrected chi connectivity index (χ1v) is 6.24. The Morgan fingerprint density at radius 1 is 1.35 bits per heavy atom. The molecule has 0 aliphatic heterocycles. The number of anilines is 2. The minimum absolute atomic E-state index is 0.638. The molecule has 0 aliphatic carbocycles. The van der Waals surface area contributed by atoms with Gasteiger partial charge >= 0.3 is 0 Å². The van der Waals surface area contributed by atoms with Crippen molar-refractivity contribution >= 4 is 11.4 Å². The van der Waals surface area contributed by atoms with E-state index in [4.69, 9.17) is 0 Å². The zero-order valence-corrected chi connectivity index (χ0v) is 11.3. The number of hydrogen-bond acceptors (Lipinski definition) is 4. The molecule has 0 saturated heterocycles. The van der Waals surface area contributed by atoms with Gasteiger partial charge in [-0.15, -0.1) is 0 Å². The Morgan fingerprint density at radius 2 is 2.06 bits per heavy atom. The predicted octanol–water partition coefficient (Wildman–Crippen LogP) is 2.27. The van der Waals surface area contributed by atoms with Crippen molar-refractivity contribution in [1.82, 2.24) is 9.88 Å². The van der Waals surface area contributed by atoms with E-state index < -0.39 is 0 Å². The molecule has 0 fully saturated rings. The third kappa shape index (κ3) is 4.61. The number of nitrogens with zero attached hydrogens (tertiary/aromatic N) is 2. The van der Waals surface area contributed by atoms with E-state index in [1.54, 1.807) is 0 Å². The molecule has 1 rings (SSSR count). The lowest BCUT2D eigenvalue weighted by Gasteiger charge is -2.23. The van der Waals surface area contributed by atoms with Crippen LogP contribution in [0.4, 0.5) is 11.4 Å². The fourth-order valence-corrected chi connectivity index (χ4v) is 1.58. The summed E-state index contributed by atoms with van der Waals surface area (Å²) in [6.07, 6.45) is 4.86. The summed E-state index contributed by atoms with van der Waals surface area (Å²) in [5.41, 5.74) is 2.10. The minimum atomic E-state index is 0.638. The quantitative estimate of drug-likeness (QED) is 0.762. The van der Waals surface area contributed by atoms with Gasteiger partial charge in [-0.3, -0.25) is 4.98 Å². The van der Waals surface area contributed by atoms with Crippen molar-refractivity contribution in [3.05, 3.63) is 18.5 Å². The lowest BCUT2D eigenvalue weighted by atomic mass is 10.2. The first-order valence-electron chi connectivity index (χ1n) is 6.24. The van der Waals surface area contributed by atoms with E-state index in [0.717, 1.165) is 24.5 Å². The smallest absolute Gasteiger partial charge is 0.0547 e. The van der Waals surface area contributed by atoms with Gasteiger partial charge in [-0.2, -0.15) is 0 Å². The van der Waals surface area contributed by atoms with E-state index >= 15 is 0 Å². The zero-order valence-electron chi connectivity index (χ0n) is 11.3. The second-order valence-corrected chi connectivity index (χ2v) is 4.38. The van der Waals surface area contributed by atoms with E-state index in [0.29, 0.717) is 6.04 Å². The summed E-state index contributed by atoms with van der Waals surface area (Å²) < 4.78 is 0. The van der Waals surface area contributed by atoms with Crippen LogP contribution in [0.1, 0.15) is 20.3 Å². The van der Waals surface area contributed by atoms with Gasteiger partial charge in [-0.05, 0) is 26.5 Å². The Balaban J connectivity index is 2.35. The SMILES string of the molecule is CCC(C)N(C)CCNc1cncc(NC)c1. The first kappa shape index (κ1) is 13.8. The summed E-state index contributed by atoms with van der Waals surface area (Å²) in [5.74, 6) is 0. The van der Waals surface area contributed by atoms with Crippen LogP contribution in [0.5, 0.6) is 0 Å². The molecule has 1 aromatic heterocycles. The number of pyridine rings is 1. The molecule has 2 N–H and O–H groups in total. The molecule has 4 nitrogen and oxygen atoms in total. The molecule has 0 saturated carbocycles. The van der Waals surface area contributed by atoms with Gasteiger partial charge in [-0.25, -0.2) is 0 Å².